The third-order valence-corrected chi connectivity index (χ3v) is 2.70. The highest BCUT2D eigenvalue weighted by Gasteiger charge is 2.37. The van der Waals surface area contributed by atoms with Crippen LogP contribution in [0, 0.1) is 0 Å². The van der Waals surface area contributed by atoms with Crippen LogP contribution in [0.25, 0.3) is 10.9 Å². The van der Waals surface area contributed by atoms with Crippen molar-refractivity contribution in [3.63, 3.8) is 0 Å². The Morgan fingerprint density at radius 1 is 1.20 bits per heavy atom. The van der Waals surface area contributed by atoms with Gasteiger partial charge in [0.05, 0.1) is 5.02 Å². The maximum Gasteiger partial charge on any atom is 0.432 e. The first-order valence-corrected chi connectivity index (χ1v) is 4.61. The highest BCUT2D eigenvalue weighted by atomic mass is 35.5. The van der Waals surface area contributed by atoms with Crippen LogP contribution in [-0.4, -0.2) is 4.57 Å². The van der Waals surface area contributed by atoms with E-state index in [0.717, 1.165) is 4.57 Å². The van der Waals surface area contributed by atoms with E-state index in [1.165, 1.54) is 7.05 Å². The van der Waals surface area contributed by atoms with Crippen LogP contribution < -0.4 is 0 Å². The molecule has 1 aromatic carbocycles. The average Bonchev–Trinajstić information content (AvgIpc) is 2.39. The van der Waals surface area contributed by atoms with E-state index < -0.39 is 11.9 Å². The third-order valence-electron chi connectivity index (χ3n) is 2.31. The minimum atomic E-state index is -4.43. The second kappa shape index (κ2) is 3.17. The summed E-state index contributed by atoms with van der Waals surface area (Å²) in [6.07, 6.45) is -4.43. The number of aromatic nitrogens is 1. The molecule has 0 N–H and O–H groups in total. The van der Waals surface area contributed by atoms with E-state index >= 15 is 0 Å². The van der Waals surface area contributed by atoms with Gasteiger partial charge in [0, 0.05) is 18.0 Å². The SMILES string of the molecule is Cn1c(C(F)(F)F)c(Cl)c2ccccc21. The van der Waals surface area contributed by atoms with Gasteiger partial charge in [0.25, 0.3) is 0 Å². The van der Waals surface area contributed by atoms with E-state index in [-0.39, 0.29) is 5.02 Å². The van der Waals surface area contributed by atoms with Crippen LogP contribution in [0.15, 0.2) is 24.3 Å². The van der Waals surface area contributed by atoms with Crippen LogP contribution in [0.3, 0.4) is 0 Å². The number of alkyl halides is 3. The van der Waals surface area contributed by atoms with Gasteiger partial charge in [-0.15, -0.1) is 0 Å². The number of aryl methyl sites for hydroxylation is 1. The molecule has 2 aromatic rings. The Morgan fingerprint density at radius 2 is 1.80 bits per heavy atom. The molecule has 0 amide bonds. The van der Waals surface area contributed by atoms with Crippen molar-refractivity contribution in [2.24, 2.45) is 7.05 Å². The first kappa shape index (κ1) is 10.4. The van der Waals surface area contributed by atoms with E-state index in [0.29, 0.717) is 10.9 Å². The summed E-state index contributed by atoms with van der Waals surface area (Å²) in [4.78, 5) is 0. The second-order valence-electron chi connectivity index (χ2n) is 3.24. The molecule has 0 spiro atoms. The molecular weight excluding hydrogens is 227 g/mol. The number of hydrogen-bond donors (Lipinski definition) is 0. The molecule has 0 saturated heterocycles. The van der Waals surface area contributed by atoms with Gasteiger partial charge in [-0.25, -0.2) is 0 Å². The number of para-hydroxylation sites is 1. The van der Waals surface area contributed by atoms with Crippen molar-refractivity contribution in [3.8, 4) is 0 Å². The van der Waals surface area contributed by atoms with Crippen LogP contribution in [0.5, 0.6) is 0 Å². The van der Waals surface area contributed by atoms with E-state index in [1.54, 1.807) is 24.3 Å². The molecule has 0 fully saturated rings. The molecule has 1 aromatic heterocycles. The molecule has 0 aliphatic rings. The fourth-order valence-corrected chi connectivity index (χ4v) is 2.06. The van der Waals surface area contributed by atoms with E-state index in [4.69, 9.17) is 11.6 Å². The zero-order chi connectivity index (χ0) is 11.2. The quantitative estimate of drug-likeness (QED) is 0.651. The molecule has 0 bridgehead atoms. The number of nitrogens with zero attached hydrogens (tertiary/aromatic N) is 1. The lowest BCUT2D eigenvalue weighted by Crippen LogP contribution is -2.11. The Balaban J connectivity index is 2.87. The zero-order valence-electron chi connectivity index (χ0n) is 7.77. The number of halogens is 4. The van der Waals surface area contributed by atoms with Gasteiger partial charge in [-0.3, -0.25) is 0 Å². The van der Waals surface area contributed by atoms with E-state index in [9.17, 15) is 13.2 Å². The highest BCUT2D eigenvalue weighted by molar-refractivity contribution is 6.36. The van der Waals surface area contributed by atoms with E-state index in [1.807, 2.05) is 0 Å². The lowest BCUT2D eigenvalue weighted by Gasteiger charge is -2.08. The number of benzene rings is 1. The molecule has 0 saturated carbocycles. The van der Waals surface area contributed by atoms with Crippen molar-refractivity contribution < 1.29 is 13.2 Å². The molecule has 0 atom stereocenters. The van der Waals surface area contributed by atoms with Crippen LogP contribution in [0.4, 0.5) is 13.2 Å². The smallest absolute Gasteiger partial charge is 0.339 e. The molecule has 80 valence electrons. The van der Waals surface area contributed by atoms with Crippen molar-refractivity contribution in [1.82, 2.24) is 4.57 Å². The molecule has 0 unspecified atom stereocenters. The zero-order valence-corrected chi connectivity index (χ0v) is 8.52. The molecule has 0 aliphatic carbocycles. The Labute approximate surface area is 89.1 Å². The first-order chi connectivity index (χ1) is 6.93. The highest BCUT2D eigenvalue weighted by Crippen LogP contribution is 2.40. The van der Waals surface area contributed by atoms with Gasteiger partial charge in [0.2, 0.25) is 0 Å². The third kappa shape index (κ3) is 1.49. The Kier molecular flexibility index (Phi) is 2.19. The first-order valence-electron chi connectivity index (χ1n) is 4.23. The minimum absolute atomic E-state index is 0.236. The summed E-state index contributed by atoms with van der Waals surface area (Å²) in [6, 6.07) is 6.52. The Hall–Kier alpha value is -1.16. The second-order valence-corrected chi connectivity index (χ2v) is 3.61. The fourth-order valence-electron chi connectivity index (χ4n) is 1.66. The summed E-state index contributed by atoms with van der Waals surface area (Å²) in [5.41, 5.74) is -0.319. The maximum atomic E-state index is 12.6. The number of fused-ring (bicyclic) bond motifs is 1. The molecule has 15 heavy (non-hydrogen) atoms. The predicted molar refractivity (Wildman–Crippen MR) is 52.9 cm³/mol. The standard InChI is InChI=1S/C10H7ClF3N/c1-15-7-5-3-2-4-6(7)8(11)9(15)10(12,13)14/h2-5H,1H3. The van der Waals surface area contributed by atoms with Crippen LogP contribution >= 0.6 is 11.6 Å². The van der Waals surface area contributed by atoms with Gasteiger partial charge in [0.1, 0.15) is 5.69 Å². The average molecular weight is 234 g/mol. The summed E-state index contributed by atoms with van der Waals surface area (Å²) in [5, 5.41) is 0.189. The molecule has 1 heterocycles. The van der Waals surface area contributed by atoms with Crippen molar-refractivity contribution in [3.05, 3.63) is 35.0 Å². The van der Waals surface area contributed by atoms with Crippen molar-refractivity contribution in [2.75, 3.05) is 0 Å². The predicted octanol–water partition coefficient (Wildman–Crippen LogP) is 3.85. The topological polar surface area (TPSA) is 4.93 Å². The monoisotopic (exact) mass is 233 g/mol. The molecule has 0 radical (unpaired) electrons. The normalized spacial score (nSPS) is 12.3. The molecule has 1 nitrogen and oxygen atoms in total. The van der Waals surface area contributed by atoms with Gasteiger partial charge in [0.15, 0.2) is 0 Å². The Bertz CT molecular complexity index is 474. The van der Waals surface area contributed by atoms with Gasteiger partial charge in [-0.1, -0.05) is 29.8 Å². The van der Waals surface area contributed by atoms with Crippen molar-refractivity contribution in [1.29, 1.82) is 0 Å². The molecular formula is C10H7ClF3N. The largest absolute Gasteiger partial charge is 0.432 e. The minimum Gasteiger partial charge on any atom is -0.339 e. The summed E-state index contributed by atoms with van der Waals surface area (Å²) >= 11 is 5.71. The maximum absolute atomic E-state index is 12.6. The lowest BCUT2D eigenvalue weighted by atomic mass is 10.2. The van der Waals surface area contributed by atoms with Crippen molar-refractivity contribution in [2.45, 2.75) is 6.18 Å². The van der Waals surface area contributed by atoms with Crippen LogP contribution in [0.1, 0.15) is 5.69 Å². The van der Waals surface area contributed by atoms with Crippen molar-refractivity contribution >= 4 is 22.5 Å². The molecule has 2 rings (SSSR count). The summed E-state index contributed by atoms with van der Waals surface area (Å²) in [6.45, 7) is 0. The van der Waals surface area contributed by atoms with Gasteiger partial charge < -0.3 is 4.57 Å². The summed E-state index contributed by atoms with van der Waals surface area (Å²) in [5.74, 6) is 0. The van der Waals surface area contributed by atoms with Gasteiger partial charge in [-0.05, 0) is 6.07 Å². The van der Waals surface area contributed by atoms with E-state index in [2.05, 4.69) is 0 Å². The lowest BCUT2D eigenvalue weighted by molar-refractivity contribution is -0.142. The molecule has 0 aliphatic heterocycles. The van der Waals surface area contributed by atoms with Crippen LogP contribution in [0.2, 0.25) is 5.02 Å². The fraction of sp³-hybridized carbons (Fsp3) is 0.200. The number of hydrogen-bond acceptors (Lipinski definition) is 0. The molecule has 5 heteroatoms. The van der Waals surface area contributed by atoms with Gasteiger partial charge in [-0.2, -0.15) is 13.2 Å². The van der Waals surface area contributed by atoms with Crippen LogP contribution in [-0.2, 0) is 13.2 Å². The summed E-state index contributed by atoms with van der Waals surface area (Å²) in [7, 11) is 1.36. The summed E-state index contributed by atoms with van der Waals surface area (Å²) < 4.78 is 39.0. The van der Waals surface area contributed by atoms with Gasteiger partial charge >= 0.3 is 6.18 Å². The number of rotatable bonds is 0. The Morgan fingerprint density at radius 3 is 2.33 bits per heavy atom.